The number of carbonyl (C=O) groups excluding carboxylic acids is 2. The minimum Gasteiger partial charge on any atom is -0.444 e. The molecule has 2 amide bonds. The Morgan fingerprint density at radius 3 is 2.41 bits per heavy atom. The van der Waals surface area contributed by atoms with Gasteiger partial charge in [0, 0.05) is 62.3 Å². The Balaban J connectivity index is 1.36. The van der Waals surface area contributed by atoms with Crippen LogP contribution in [0.25, 0.3) is 36.9 Å². The first-order valence-corrected chi connectivity index (χ1v) is 15.8. The monoisotopic (exact) mass is 611 g/mol. The lowest BCUT2D eigenvalue weighted by Crippen LogP contribution is -2.53. The number of ether oxygens (including phenoxy) is 1. The molecule has 0 atom stereocenters. The normalized spacial score (nSPS) is 14.2. The third kappa shape index (κ3) is 5.86. The summed E-state index contributed by atoms with van der Waals surface area (Å²) in [4.78, 5) is 45.9. The largest absolute Gasteiger partial charge is 0.444 e. The molecule has 1 saturated heterocycles. The minimum atomic E-state index is -1.20. The van der Waals surface area contributed by atoms with Gasteiger partial charge in [-0.2, -0.15) is 0 Å². The van der Waals surface area contributed by atoms with E-state index in [1.807, 2.05) is 36.4 Å². The minimum absolute atomic E-state index is 0.0922. The van der Waals surface area contributed by atoms with Crippen molar-refractivity contribution in [2.45, 2.75) is 65.0 Å². The highest BCUT2D eigenvalue weighted by atomic mass is 32.1. The van der Waals surface area contributed by atoms with Crippen molar-refractivity contribution in [2.24, 2.45) is 0 Å². The van der Waals surface area contributed by atoms with Crippen LogP contribution in [0.1, 0.15) is 53.9 Å². The number of nitrogens with one attached hydrogen (secondary N) is 2. The van der Waals surface area contributed by atoms with Crippen molar-refractivity contribution >= 4 is 60.7 Å². The maximum Gasteiger partial charge on any atom is 0.408 e. The number of fused-ring (bicyclic) bond motifs is 4. The van der Waals surface area contributed by atoms with Gasteiger partial charge in [-0.15, -0.1) is 11.3 Å². The van der Waals surface area contributed by atoms with Crippen molar-refractivity contribution in [2.75, 3.05) is 23.3 Å². The van der Waals surface area contributed by atoms with Crippen LogP contribution >= 0.6 is 11.3 Å². The molecule has 9 nitrogen and oxygen atoms in total. The molecule has 2 aromatic carbocycles. The van der Waals surface area contributed by atoms with Gasteiger partial charge >= 0.3 is 6.09 Å². The zero-order valence-corrected chi connectivity index (χ0v) is 26.5. The van der Waals surface area contributed by atoms with Gasteiger partial charge in [0.25, 0.3) is 5.56 Å². The van der Waals surface area contributed by atoms with E-state index < -0.39 is 17.2 Å². The number of carbonyl (C=O) groups is 2. The highest BCUT2D eigenvalue weighted by molar-refractivity contribution is 7.26. The molecule has 0 unspecified atom stereocenters. The molecular weight excluding hydrogens is 574 g/mol. The summed E-state index contributed by atoms with van der Waals surface area (Å²) in [5.74, 6) is 0.370. The molecule has 5 aromatic rings. The number of alkyl carbamates (subject to hydrolysis) is 1. The van der Waals surface area contributed by atoms with Crippen LogP contribution in [0.3, 0.4) is 0 Å². The Morgan fingerprint density at radius 2 is 1.66 bits per heavy atom. The number of piperidine rings is 1. The van der Waals surface area contributed by atoms with Crippen LogP contribution in [0.2, 0.25) is 0 Å². The molecule has 10 heteroatoms. The Labute approximate surface area is 259 Å². The second-order valence-electron chi connectivity index (χ2n) is 12.8. The summed E-state index contributed by atoms with van der Waals surface area (Å²) in [7, 11) is 0. The number of aromatic nitrogens is 2. The zero-order chi connectivity index (χ0) is 31.2. The van der Waals surface area contributed by atoms with Crippen molar-refractivity contribution < 1.29 is 14.3 Å². The molecule has 1 aliphatic rings. The van der Waals surface area contributed by atoms with E-state index in [4.69, 9.17) is 9.72 Å². The number of rotatable bonds is 5. The topological polar surface area (TPSA) is 105 Å². The van der Waals surface area contributed by atoms with E-state index in [0.29, 0.717) is 11.3 Å². The first kappa shape index (κ1) is 29.6. The van der Waals surface area contributed by atoms with Crippen LogP contribution in [-0.4, -0.2) is 45.6 Å². The summed E-state index contributed by atoms with van der Waals surface area (Å²) in [6.45, 7) is 10.4. The Bertz CT molecular complexity index is 1960. The number of benzene rings is 2. The number of amides is 2. The Kier molecular flexibility index (Phi) is 7.57. The molecule has 1 fully saturated rings. The molecule has 0 spiro atoms. The zero-order valence-electron chi connectivity index (χ0n) is 25.7. The van der Waals surface area contributed by atoms with Gasteiger partial charge in [0.1, 0.15) is 22.6 Å². The van der Waals surface area contributed by atoms with E-state index in [-0.39, 0.29) is 11.5 Å². The fourth-order valence-electron chi connectivity index (χ4n) is 5.60. The van der Waals surface area contributed by atoms with Gasteiger partial charge in [0.15, 0.2) is 0 Å². The number of hydrogen-bond donors (Lipinski definition) is 2. The molecule has 2 N–H and O–H groups in total. The molecule has 0 aliphatic carbocycles. The van der Waals surface area contributed by atoms with E-state index in [1.165, 1.54) is 6.42 Å². The first-order chi connectivity index (χ1) is 20.9. The van der Waals surface area contributed by atoms with Gasteiger partial charge in [0.05, 0.1) is 0 Å². The van der Waals surface area contributed by atoms with Gasteiger partial charge < -0.3 is 20.3 Å². The predicted molar refractivity (Wildman–Crippen MR) is 178 cm³/mol. The highest BCUT2D eigenvalue weighted by Gasteiger charge is 2.32. The lowest BCUT2D eigenvalue weighted by molar-refractivity contribution is -0.121. The highest BCUT2D eigenvalue weighted by Crippen LogP contribution is 2.41. The van der Waals surface area contributed by atoms with Crippen molar-refractivity contribution in [3.05, 3.63) is 71.1 Å². The molecule has 0 saturated carbocycles. The quantitative estimate of drug-likeness (QED) is 0.223. The summed E-state index contributed by atoms with van der Waals surface area (Å²) >= 11 is 1.66. The summed E-state index contributed by atoms with van der Waals surface area (Å²) in [6.07, 6.45) is 4.52. The number of hydrogen-bond acceptors (Lipinski definition) is 7. The van der Waals surface area contributed by atoms with Crippen molar-refractivity contribution in [1.29, 1.82) is 0 Å². The lowest BCUT2D eigenvalue weighted by Gasteiger charge is -2.27. The molecule has 0 bridgehead atoms. The lowest BCUT2D eigenvalue weighted by atomic mass is 10.0. The molecule has 6 rings (SSSR count). The summed E-state index contributed by atoms with van der Waals surface area (Å²) in [5, 5.41) is 7.66. The van der Waals surface area contributed by atoms with Crippen molar-refractivity contribution in [1.82, 2.24) is 14.7 Å². The summed E-state index contributed by atoms with van der Waals surface area (Å²) in [5.41, 5.74) is 1.18. The summed E-state index contributed by atoms with van der Waals surface area (Å²) in [6, 6.07) is 17.5. The van der Waals surface area contributed by atoms with Crippen molar-refractivity contribution in [3.8, 4) is 11.1 Å². The van der Waals surface area contributed by atoms with Crippen LogP contribution in [0, 0.1) is 0 Å². The number of nitrogens with zero attached hydrogens (tertiary/aromatic N) is 3. The third-order valence-electron chi connectivity index (χ3n) is 7.78. The molecule has 4 heterocycles. The molecule has 1 aliphatic heterocycles. The maximum absolute atomic E-state index is 13.2. The summed E-state index contributed by atoms with van der Waals surface area (Å²) < 4.78 is 9.09. The fourth-order valence-corrected chi connectivity index (χ4v) is 6.81. The molecule has 228 valence electrons. The average Bonchev–Trinajstić information content (AvgIpc) is 3.34. The van der Waals surface area contributed by atoms with Gasteiger partial charge in [0.2, 0.25) is 5.91 Å². The molecule has 44 heavy (non-hydrogen) atoms. The van der Waals surface area contributed by atoms with Crippen LogP contribution in [-0.2, 0) is 9.53 Å². The molecule has 0 radical (unpaired) electrons. The predicted octanol–water partition coefficient (Wildman–Crippen LogP) is 6.96. The van der Waals surface area contributed by atoms with Crippen molar-refractivity contribution in [3.63, 3.8) is 0 Å². The maximum atomic E-state index is 13.2. The first-order valence-electron chi connectivity index (χ1n) is 15.0. The van der Waals surface area contributed by atoms with Crippen LogP contribution in [0.5, 0.6) is 0 Å². The van der Waals surface area contributed by atoms with Gasteiger partial charge in [-0.25, -0.2) is 9.78 Å². The van der Waals surface area contributed by atoms with E-state index in [2.05, 4.69) is 27.7 Å². The fraction of sp³-hybridized carbons (Fsp3) is 0.353. The average molecular weight is 612 g/mol. The smallest absolute Gasteiger partial charge is 0.408 e. The van der Waals surface area contributed by atoms with Gasteiger partial charge in [-0.1, -0.05) is 18.2 Å². The van der Waals surface area contributed by atoms with E-state index in [1.54, 1.807) is 62.6 Å². The Hall–Kier alpha value is -4.44. The van der Waals surface area contributed by atoms with E-state index in [9.17, 15) is 14.4 Å². The molecule has 3 aromatic heterocycles. The van der Waals surface area contributed by atoms with E-state index >= 15 is 0 Å². The van der Waals surface area contributed by atoms with Gasteiger partial charge in [-0.05, 0) is 84.2 Å². The standard InChI is InChI=1S/C34H37N5O4S/c1-33(2,3)43-32(42)37-34(4,5)31(41)35-21-14-15-26-25(19-21)23-12-9-11-22(29(23)44-26)24-13-10-18-39-28(40)20-27(36-30(24)39)38-16-7-6-8-17-38/h9-15,18-20H,6-8,16-17H2,1-5H3,(H,35,41)(H,37,42). The third-order valence-corrected chi connectivity index (χ3v) is 9.00. The van der Waals surface area contributed by atoms with Crippen LogP contribution < -0.4 is 21.1 Å². The number of pyridine rings is 1. The molecular formula is C34H37N5O4S. The second-order valence-corrected chi connectivity index (χ2v) is 13.9. The van der Waals surface area contributed by atoms with Gasteiger partial charge in [-0.3, -0.25) is 14.0 Å². The Morgan fingerprint density at radius 1 is 0.909 bits per heavy atom. The van der Waals surface area contributed by atoms with E-state index in [0.717, 1.165) is 63.0 Å². The van der Waals surface area contributed by atoms with Crippen LogP contribution in [0.15, 0.2) is 65.6 Å². The van der Waals surface area contributed by atoms with Crippen LogP contribution in [0.4, 0.5) is 16.3 Å². The SMILES string of the molecule is CC(C)(C)OC(=O)NC(C)(C)C(=O)Nc1ccc2sc3c(-c4cccn5c(=O)cc(N6CCCCC6)nc45)cccc3c2c1. The second kappa shape index (κ2) is 11.2. The number of anilines is 2. The number of thiophene rings is 1.